The number of para-hydroxylation sites is 2. The summed E-state index contributed by atoms with van der Waals surface area (Å²) in [7, 11) is 0. The highest BCUT2D eigenvalue weighted by atomic mass is 16.3. The standard InChI is InChI=1S/C32H36N2O/c1-21(33-27-19-13-11-17-25(27)31(3,4)5)29-23-15-9-10-16-24(23)30(35-29)22(2)34-28-20-14-12-18-26(28)32(6,7)8/h9-20H,1-8H3. The largest absolute Gasteiger partial charge is 0.452 e. The monoisotopic (exact) mass is 464 g/mol. The number of hydrogen-bond donors (Lipinski definition) is 0. The highest BCUT2D eigenvalue weighted by Crippen LogP contribution is 2.35. The first-order chi connectivity index (χ1) is 16.5. The molecule has 0 radical (unpaired) electrons. The number of rotatable bonds is 4. The van der Waals surface area contributed by atoms with Gasteiger partial charge in [-0.25, -0.2) is 9.98 Å². The number of nitrogens with zero attached hydrogens (tertiary/aromatic N) is 2. The Kier molecular flexibility index (Phi) is 6.55. The maximum atomic E-state index is 6.52. The molecule has 180 valence electrons. The minimum absolute atomic E-state index is 0.000453. The Balaban J connectivity index is 1.85. The van der Waals surface area contributed by atoms with Gasteiger partial charge in [0.2, 0.25) is 0 Å². The Bertz CT molecular complexity index is 1310. The second-order valence-corrected chi connectivity index (χ2v) is 11.2. The fourth-order valence-corrected chi connectivity index (χ4v) is 4.50. The van der Waals surface area contributed by atoms with Crippen LogP contribution in [0.25, 0.3) is 10.8 Å². The van der Waals surface area contributed by atoms with E-state index in [1.807, 2.05) is 38.1 Å². The molecule has 0 unspecified atom stereocenters. The van der Waals surface area contributed by atoms with E-state index >= 15 is 0 Å². The first kappa shape index (κ1) is 24.7. The maximum Gasteiger partial charge on any atom is 0.156 e. The molecule has 0 aliphatic rings. The van der Waals surface area contributed by atoms with Crippen LogP contribution in [0.15, 0.2) is 87.2 Å². The molecule has 1 heterocycles. The zero-order chi connectivity index (χ0) is 25.4. The Morgan fingerprint density at radius 2 is 0.886 bits per heavy atom. The van der Waals surface area contributed by atoms with E-state index in [0.29, 0.717) is 0 Å². The molecule has 0 saturated heterocycles. The van der Waals surface area contributed by atoms with Gasteiger partial charge in [0.1, 0.15) is 0 Å². The summed E-state index contributed by atoms with van der Waals surface area (Å²) >= 11 is 0. The lowest BCUT2D eigenvalue weighted by Gasteiger charge is -2.21. The van der Waals surface area contributed by atoms with Crippen LogP contribution < -0.4 is 0 Å². The van der Waals surface area contributed by atoms with Crippen molar-refractivity contribution < 1.29 is 4.42 Å². The van der Waals surface area contributed by atoms with Crippen LogP contribution in [0.5, 0.6) is 0 Å². The molecule has 0 amide bonds. The minimum atomic E-state index is 0.000453. The lowest BCUT2D eigenvalue weighted by Crippen LogP contribution is -2.11. The molecule has 0 aliphatic carbocycles. The molecular formula is C32H36N2O. The van der Waals surface area contributed by atoms with Gasteiger partial charge in [-0.3, -0.25) is 0 Å². The van der Waals surface area contributed by atoms with Crippen molar-refractivity contribution in [3.8, 4) is 0 Å². The van der Waals surface area contributed by atoms with E-state index in [2.05, 4.69) is 90.1 Å². The van der Waals surface area contributed by atoms with Crippen LogP contribution in [0.1, 0.15) is 78.0 Å². The van der Waals surface area contributed by atoms with Gasteiger partial charge >= 0.3 is 0 Å². The lowest BCUT2D eigenvalue weighted by atomic mass is 9.86. The number of hydrogen-bond acceptors (Lipinski definition) is 3. The van der Waals surface area contributed by atoms with Gasteiger partial charge in [0.25, 0.3) is 0 Å². The molecule has 3 heteroatoms. The van der Waals surface area contributed by atoms with Crippen molar-refractivity contribution in [2.24, 2.45) is 9.98 Å². The SMILES string of the molecule is CC(=Nc1ccccc1C(C)(C)C)c1oc(C(C)=Nc2ccccc2C(C)(C)C)c2ccccc12. The molecule has 35 heavy (non-hydrogen) atoms. The van der Waals surface area contributed by atoms with Crippen LogP contribution in [0.2, 0.25) is 0 Å². The van der Waals surface area contributed by atoms with Crippen molar-refractivity contribution in [3.63, 3.8) is 0 Å². The van der Waals surface area contributed by atoms with Crippen molar-refractivity contribution in [1.29, 1.82) is 0 Å². The molecule has 0 bridgehead atoms. The molecule has 3 nitrogen and oxygen atoms in total. The average molecular weight is 465 g/mol. The molecule has 3 aromatic carbocycles. The summed E-state index contributed by atoms with van der Waals surface area (Å²) in [6.45, 7) is 17.3. The Morgan fingerprint density at radius 3 is 1.26 bits per heavy atom. The zero-order valence-corrected chi connectivity index (χ0v) is 22.2. The number of aliphatic imine (C=N–C) groups is 2. The van der Waals surface area contributed by atoms with Gasteiger partial charge in [-0.1, -0.05) is 102 Å². The van der Waals surface area contributed by atoms with E-state index in [4.69, 9.17) is 14.4 Å². The highest BCUT2D eigenvalue weighted by molar-refractivity contribution is 6.15. The van der Waals surface area contributed by atoms with Gasteiger partial charge in [0.05, 0.1) is 22.8 Å². The minimum Gasteiger partial charge on any atom is -0.452 e. The van der Waals surface area contributed by atoms with Gasteiger partial charge < -0.3 is 4.42 Å². The third-order valence-electron chi connectivity index (χ3n) is 6.28. The zero-order valence-electron chi connectivity index (χ0n) is 22.2. The Morgan fingerprint density at radius 1 is 0.543 bits per heavy atom. The topological polar surface area (TPSA) is 37.9 Å². The molecule has 1 aromatic heterocycles. The van der Waals surface area contributed by atoms with Crippen molar-refractivity contribution >= 4 is 33.6 Å². The molecule has 0 atom stereocenters. The Labute approximate surface area is 209 Å². The van der Waals surface area contributed by atoms with Gasteiger partial charge in [-0.05, 0) is 47.9 Å². The van der Waals surface area contributed by atoms with Crippen molar-refractivity contribution in [3.05, 3.63) is 95.4 Å². The van der Waals surface area contributed by atoms with E-state index in [-0.39, 0.29) is 10.8 Å². The second kappa shape index (κ2) is 9.30. The molecule has 4 rings (SSSR count). The third kappa shape index (κ3) is 5.14. The first-order valence-corrected chi connectivity index (χ1v) is 12.3. The first-order valence-electron chi connectivity index (χ1n) is 12.3. The van der Waals surface area contributed by atoms with E-state index in [1.54, 1.807) is 0 Å². The van der Waals surface area contributed by atoms with Gasteiger partial charge in [-0.2, -0.15) is 0 Å². The van der Waals surface area contributed by atoms with Crippen LogP contribution >= 0.6 is 0 Å². The van der Waals surface area contributed by atoms with Crippen molar-refractivity contribution in [1.82, 2.24) is 0 Å². The summed E-state index contributed by atoms with van der Waals surface area (Å²) in [6, 6.07) is 25.0. The number of benzene rings is 3. The van der Waals surface area contributed by atoms with Gasteiger partial charge in [0, 0.05) is 10.8 Å². The second-order valence-electron chi connectivity index (χ2n) is 11.2. The summed E-state index contributed by atoms with van der Waals surface area (Å²) < 4.78 is 6.52. The molecule has 0 spiro atoms. The fraction of sp³-hybridized carbons (Fsp3) is 0.312. The van der Waals surface area contributed by atoms with Crippen LogP contribution in [0.3, 0.4) is 0 Å². The predicted molar refractivity (Wildman–Crippen MR) is 150 cm³/mol. The predicted octanol–water partition coefficient (Wildman–Crippen LogP) is 9.31. The quantitative estimate of drug-likeness (QED) is 0.277. The van der Waals surface area contributed by atoms with Crippen molar-refractivity contribution in [2.75, 3.05) is 0 Å². The van der Waals surface area contributed by atoms with E-state index in [9.17, 15) is 0 Å². The fourth-order valence-electron chi connectivity index (χ4n) is 4.50. The van der Waals surface area contributed by atoms with Crippen LogP contribution in [0, 0.1) is 0 Å². The van der Waals surface area contributed by atoms with E-state index in [0.717, 1.165) is 45.1 Å². The lowest BCUT2D eigenvalue weighted by molar-refractivity contribution is 0.552. The van der Waals surface area contributed by atoms with Crippen molar-refractivity contribution in [2.45, 2.75) is 66.2 Å². The summed E-state index contributed by atoms with van der Waals surface area (Å²) in [5.41, 5.74) is 6.09. The summed E-state index contributed by atoms with van der Waals surface area (Å²) in [5.74, 6) is 1.58. The number of fused-ring (bicyclic) bond motifs is 1. The van der Waals surface area contributed by atoms with E-state index in [1.165, 1.54) is 11.1 Å². The maximum absolute atomic E-state index is 6.52. The molecule has 0 aliphatic heterocycles. The van der Waals surface area contributed by atoms with Crippen LogP contribution in [-0.2, 0) is 10.8 Å². The van der Waals surface area contributed by atoms with Gasteiger partial charge in [-0.15, -0.1) is 0 Å². The molecular weight excluding hydrogens is 428 g/mol. The summed E-state index contributed by atoms with van der Waals surface area (Å²) in [6.07, 6.45) is 0. The summed E-state index contributed by atoms with van der Waals surface area (Å²) in [5, 5.41) is 2.10. The van der Waals surface area contributed by atoms with Crippen LogP contribution in [0.4, 0.5) is 11.4 Å². The normalized spacial score (nSPS) is 13.5. The van der Waals surface area contributed by atoms with E-state index < -0.39 is 0 Å². The summed E-state index contributed by atoms with van der Waals surface area (Å²) in [4.78, 5) is 10.1. The third-order valence-corrected chi connectivity index (χ3v) is 6.28. The average Bonchev–Trinajstić information content (AvgIpc) is 3.18. The Hall–Kier alpha value is -3.46. The molecule has 4 aromatic rings. The molecule has 0 fully saturated rings. The molecule has 0 N–H and O–H groups in total. The van der Waals surface area contributed by atoms with Gasteiger partial charge in [0.15, 0.2) is 11.5 Å². The molecule has 0 saturated carbocycles. The smallest absolute Gasteiger partial charge is 0.156 e. The highest BCUT2D eigenvalue weighted by Gasteiger charge is 2.21. The van der Waals surface area contributed by atoms with Crippen LogP contribution in [-0.4, -0.2) is 11.4 Å². The number of furan rings is 1.